The van der Waals surface area contributed by atoms with Gasteiger partial charge in [0.2, 0.25) is 0 Å². The van der Waals surface area contributed by atoms with Crippen molar-refractivity contribution in [3.63, 3.8) is 0 Å². The molecule has 0 fully saturated rings. The number of amides is 1. The molecule has 0 spiro atoms. The Labute approximate surface area is 233 Å². The van der Waals surface area contributed by atoms with Gasteiger partial charge in [-0.25, -0.2) is 8.42 Å². The number of anilines is 1. The monoisotopic (exact) mass is 591 g/mol. The first-order valence-electron chi connectivity index (χ1n) is 12.5. The maximum atomic E-state index is 13.7. The number of carbonyl (C=O) groups excluding carboxylic acids is 1. The first kappa shape index (κ1) is 27.6. The average Bonchev–Trinajstić information content (AvgIpc) is 2.92. The molecule has 0 N–H and O–H groups in total. The number of aryl methyl sites for hydroxylation is 2. The van der Waals surface area contributed by atoms with Crippen LogP contribution in [-0.4, -0.2) is 20.9 Å². The van der Waals surface area contributed by atoms with E-state index in [0.29, 0.717) is 10.2 Å². The zero-order valence-corrected chi connectivity index (χ0v) is 23.8. The summed E-state index contributed by atoms with van der Waals surface area (Å²) in [6.07, 6.45) is 2.99. The number of benzene rings is 4. The second-order valence-electron chi connectivity index (χ2n) is 9.05. The molecule has 0 saturated heterocycles. The Bertz CT molecular complexity index is 1490. The van der Waals surface area contributed by atoms with Gasteiger partial charge in [-0.3, -0.25) is 4.79 Å². The van der Waals surface area contributed by atoms with E-state index in [1.807, 2.05) is 61.5 Å². The molecule has 4 aromatic carbocycles. The van der Waals surface area contributed by atoms with Crippen LogP contribution in [0.2, 0.25) is 0 Å². The highest BCUT2D eigenvalue weighted by atomic mass is 79.9. The van der Waals surface area contributed by atoms with Gasteiger partial charge in [0.1, 0.15) is 5.75 Å². The highest BCUT2D eigenvalue weighted by Crippen LogP contribution is 2.31. The van der Waals surface area contributed by atoms with Gasteiger partial charge in [0, 0.05) is 0 Å². The zero-order chi connectivity index (χ0) is 27.1. The minimum absolute atomic E-state index is 0.0416. The number of sulfonamides is 1. The maximum Gasteiger partial charge on any atom is 0.278 e. The second-order valence-corrected chi connectivity index (χ2v) is 11.7. The smallest absolute Gasteiger partial charge is 0.278 e. The summed E-state index contributed by atoms with van der Waals surface area (Å²) >= 11 is 3.52. The predicted octanol–water partition coefficient (Wildman–Crippen LogP) is 7.57. The van der Waals surface area contributed by atoms with Crippen molar-refractivity contribution in [1.82, 2.24) is 0 Å². The summed E-state index contributed by atoms with van der Waals surface area (Å²) < 4.78 is 34.6. The molecule has 1 amide bonds. The highest BCUT2D eigenvalue weighted by Gasteiger charge is 2.31. The van der Waals surface area contributed by atoms with E-state index < -0.39 is 22.5 Å². The molecule has 196 valence electrons. The molecule has 0 unspecified atom stereocenters. The lowest BCUT2D eigenvalue weighted by atomic mass is 10.1. The number of unbranched alkanes of at least 4 members (excludes halogenated alkanes) is 1. The van der Waals surface area contributed by atoms with Crippen LogP contribution in [0.3, 0.4) is 0 Å². The number of ether oxygens (including phenoxy) is 1. The van der Waals surface area contributed by atoms with Crippen molar-refractivity contribution in [1.29, 1.82) is 0 Å². The molecule has 0 atom stereocenters. The molecule has 0 aliphatic rings. The number of nitrogens with zero attached hydrogens (tertiary/aromatic N) is 1. The van der Waals surface area contributed by atoms with Crippen molar-refractivity contribution in [3.05, 3.63) is 113 Å². The summed E-state index contributed by atoms with van der Waals surface area (Å²) in [5, 5.41) is 0. The van der Waals surface area contributed by atoms with Gasteiger partial charge in [0.15, 0.2) is 6.61 Å². The van der Waals surface area contributed by atoms with Gasteiger partial charge < -0.3 is 4.74 Å². The molecule has 5 nitrogen and oxygen atoms in total. The Balaban J connectivity index is 1.60. The number of hydrogen-bond donors (Lipinski definition) is 0. The van der Waals surface area contributed by atoms with Gasteiger partial charge in [-0.1, -0.05) is 79.6 Å². The molecule has 0 aliphatic heterocycles. The van der Waals surface area contributed by atoms with Crippen LogP contribution in [-0.2, 0) is 21.2 Å². The molecule has 4 rings (SSSR count). The molecule has 38 heavy (non-hydrogen) atoms. The maximum absolute atomic E-state index is 13.7. The number of carbonyl (C=O) groups is 1. The first-order chi connectivity index (χ1) is 18.3. The van der Waals surface area contributed by atoms with Crippen molar-refractivity contribution in [3.8, 4) is 16.9 Å². The molecule has 0 aliphatic carbocycles. The fourth-order valence-corrected chi connectivity index (χ4v) is 5.94. The van der Waals surface area contributed by atoms with E-state index >= 15 is 0 Å². The second kappa shape index (κ2) is 12.4. The van der Waals surface area contributed by atoms with E-state index in [4.69, 9.17) is 4.74 Å². The number of rotatable bonds is 10. The molecular formula is C31H30BrNO4S. The molecule has 0 saturated carbocycles. The fraction of sp³-hybridized carbons (Fsp3) is 0.194. The normalized spacial score (nSPS) is 11.2. The van der Waals surface area contributed by atoms with E-state index in [1.165, 1.54) is 12.1 Å². The first-order valence-corrected chi connectivity index (χ1v) is 14.7. The zero-order valence-electron chi connectivity index (χ0n) is 21.4. The summed E-state index contributed by atoms with van der Waals surface area (Å²) in [6, 6.07) is 29.0. The third-order valence-electron chi connectivity index (χ3n) is 6.17. The van der Waals surface area contributed by atoms with Gasteiger partial charge in [-0.05, 0) is 88.8 Å². The van der Waals surface area contributed by atoms with E-state index in [9.17, 15) is 13.2 Å². The van der Waals surface area contributed by atoms with Gasteiger partial charge in [0.25, 0.3) is 15.9 Å². The highest BCUT2D eigenvalue weighted by molar-refractivity contribution is 9.10. The van der Waals surface area contributed by atoms with Gasteiger partial charge in [-0.15, -0.1) is 0 Å². The van der Waals surface area contributed by atoms with Crippen LogP contribution in [0.25, 0.3) is 11.1 Å². The Kier molecular flexibility index (Phi) is 9.02. The van der Waals surface area contributed by atoms with E-state index in [0.717, 1.165) is 45.8 Å². The third kappa shape index (κ3) is 6.52. The Hall–Kier alpha value is -3.42. The summed E-state index contributed by atoms with van der Waals surface area (Å²) in [5.74, 6) is -0.244. The largest absolute Gasteiger partial charge is 0.483 e. The topological polar surface area (TPSA) is 63.7 Å². The van der Waals surface area contributed by atoms with Gasteiger partial charge in [-0.2, -0.15) is 4.31 Å². The predicted molar refractivity (Wildman–Crippen MR) is 156 cm³/mol. The number of halogens is 1. The van der Waals surface area contributed by atoms with E-state index in [-0.39, 0.29) is 10.6 Å². The van der Waals surface area contributed by atoms with Crippen LogP contribution in [0.15, 0.2) is 106 Å². The Morgan fingerprint density at radius 3 is 2.18 bits per heavy atom. The summed E-state index contributed by atoms with van der Waals surface area (Å²) in [7, 11) is -4.17. The Morgan fingerprint density at radius 1 is 0.868 bits per heavy atom. The van der Waals surface area contributed by atoms with Crippen LogP contribution in [0.5, 0.6) is 5.75 Å². The molecule has 0 radical (unpaired) electrons. The fourth-order valence-electron chi connectivity index (χ4n) is 4.04. The van der Waals surface area contributed by atoms with Crippen molar-refractivity contribution in [2.45, 2.75) is 38.0 Å². The average molecular weight is 593 g/mol. The standard InChI is InChI=1S/C31H30BrNO4S/c1-3-4-8-24-13-16-27(17-14-24)33(38(35,36)28-18-11-23(2)12-19-28)31(34)22-37-30-20-15-26(21-29(30)32)25-9-6-5-7-10-25/h5-7,9-21H,3-4,8,22H2,1-2H3. The quantitative estimate of drug-likeness (QED) is 0.191. The molecule has 7 heteroatoms. The van der Waals surface area contributed by atoms with Crippen molar-refractivity contribution in [2.24, 2.45) is 0 Å². The lowest BCUT2D eigenvalue weighted by molar-refractivity contribution is -0.119. The summed E-state index contributed by atoms with van der Waals surface area (Å²) in [4.78, 5) is 13.5. The lowest BCUT2D eigenvalue weighted by Gasteiger charge is -2.23. The van der Waals surface area contributed by atoms with Crippen molar-refractivity contribution in [2.75, 3.05) is 10.9 Å². The SMILES string of the molecule is CCCCc1ccc(N(C(=O)COc2ccc(-c3ccccc3)cc2Br)S(=O)(=O)c2ccc(C)cc2)cc1. The summed E-state index contributed by atoms with van der Waals surface area (Å²) in [5.41, 5.74) is 4.33. The van der Waals surface area contributed by atoms with Crippen molar-refractivity contribution < 1.29 is 17.9 Å². The molecular weight excluding hydrogens is 562 g/mol. The Morgan fingerprint density at radius 2 is 1.55 bits per heavy atom. The third-order valence-corrected chi connectivity index (χ3v) is 8.55. The van der Waals surface area contributed by atoms with Crippen LogP contribution < -0.4 is 9.04 Å². The number of hydrogen-bond acceptors (Lipinski definition) is 4. The molecule has 4 aromatic rings. The summed E-state index contributed by atoms with van der Waals surface area (Å²) in [6.45, 7) is 3.55. The van der Waals surface area contributed by atoms with E-state index in [1.54, 1.807) is 30.3 Å². The van der Waals surface area contributed by atoms with Crippen molar-refractivity contribution >= 4 is 37.5 Å². The minimum atomic E-state index is -4.17. The molecule has 0 aromatic heterocycles. The van der Waals surface area contributed by atoms with E-state index in [2.05, 4.69) is 22.9 Å². The van der Waals surface area contributed by atoms with Gasteiger partial charge in [0.05, 0.1) is 15.1 Å². The molecule has 0 heterocycles. The molecule has 0 bridgehead atoms. The van der Waals surface area contributed by atoms with Crippen LogP contribution >= 0.6 is 15.9 Å². The minimum Gasteiger partial charge on any atom is -0.483 e. The van der Waals surface area contributed by atoms with Crippen LogP contribution in [0, 0.1) is 6.92 Å². The lowest BCUT2D eigenvalue weighted by Crippen LogP contribution is -2.40. The van der Waals surface area contributed by atoms with Gasteiger partial charge >= 0.3 is 0 Å². The van der Waals surface area contributed by atoms with Crippen LogP contribution in [0.4, 0.5) is 5.69 Å². The van der Waals surface area contributed by atoms with Crippen LogP contribution in [0.1, 0.15) is 30.9 Å².